The lowest BCUT2D eigenvalue weighted by Crippen LogP contribution is -2.47. The van der Waals surface area contributed by atoms with E-state index in [0.29, 0.717) is 24.7 Å². The van der Waals surface area contributed by atoms with E-state index in [0.717, 1.165) is 43.0 Å². The summed E-state index contributed by atoms with van der Waals surface area (Å²) in [5.74, 6) is 1.96. The highest BCUT2D eigenvalue weighted by molar-refractivity contribution is 5.77. The summed E-state index contributed by atoms with van der Waals surface area (Å²) in [5.41, 5.74) is 0.816. The minimum atomic E-state index is -0.612. The fraction of sp³-hybridized carbons (Fsp3) is 0.444. The van der Waals surface area contributed by atoms with Gasteiger partial charge < -0.3 is 14.0 Å². The van der Waals surface area contributed by atoms with Crippen LogP contribution in [0.15, 0.2) is 39.3 Å². The Kier molecular flexibility index (Phi) is 4.52. The first-order chi connectivity index (χ1) is 12.2. The van der Waals surface area contributed by atoms with Crippen LogP contribution in [0.5, 0.6) is 0 Å². The SMILES string of the molecule is Cc1nc(CN2CCN(CC(O)c3cc4ccccc4o3)CC2)no1. The van der Waals surface area contributed by atoms with Crippen LogP contribution in [-0.2, 0) is 6.54 Å². The van der Waals surface area contributed by atoms with E-state index in [1.54, 1.807) is 6.92 Å². The first-order valence-electron chi connectivity index (χ1n) is 8.58. The van der Waals surface area contributed by atoms with Crippen LogP contribution < -0.4 is 0 Å². The molecule has 3 heterocycles. The summed E-state index contributed by atoms with van der Waals surface area (Å²) in [4.78, 5) is 8.81. The standard InChI is InChI=1S/C18H22N4O3/c1-13-19-18(20-25-13)12-22-8-6-21(7-9-22)11-15(23)17-10-14-4-2-3-5-16(14)24-17/h2-5,10,15,23H,6-9,11-12H2,1H3. The summed E-state index contributed by atoms with van der Waals surface area (Å²) in [6, 6.07) is 9.75. The maximum atomic E-state index is 10.5. The number of piperazine rings is 1. The average Bonchev–Trinajstić information content (AvgIpc) is 3.22. The minimum Gasteiger partial charge on any atom is -0.458 e. The number of aromatic nitrogens is 2. The Labute approximate surface area is 145 Å². The zero-order valence-electron chi connectivity index (χ0n) is 14.3. The number of aliphatic hydroxyl groups is 1. The number of hydrogen-bond donors (Lipinski definition) is 1. The van der Waals surface area contributed by atoms with Gasteiger partial charge in [-0.15, -0.1) is 0 Å². The van der Waals surface area contributed by atoms with E-state index in [1.807, 2.05) is 30.3 Å². The fourth-order valence-electron chi connectivity index (χ4n) is 3.24. The van der Waals surface area contributed by atoms with Gasteiger partial charge >= 0.3 is 0 Å². The van der Waals surface area contributed by atoms with Gasteiger partial charge in [-0.25, -0.2) is 0 Å². The first kappa shape index (κ1) is 16.3. The van der Waals surface area contributed by atoms with Gasteiger partial charge in [0.2, 0.25) is 5.89 Å². The molecule has 1 atom stereocenters. The molecule has 1 N–H and O–H groups in total. The molecule has 7 nitrogen and oxygen atoms in total. The van der Waals surface area contributed by atoms with E-state index < -0.39 is 6.10 Å². The van der Waals surface area contributed by atoms with E-state index in [2.05, 4.69) is 19.9 Å². The van der Waals surface area contributed by atoms with Gasteiger partial charge in [0.15, 0.2) is 5.82 Å². The first-order valence-corrected chi connectivity index (χ1v) is 8.58. The largest absolute Gasteiger partial charge is 0.458 e. The van der Waals surface area contributed by atoms with Crippen molar-refractivity contribution in [2.45, 2.75) is 19.6 Å². The monoisotopic (exact) mass is 342 g/mol. The Balaban J connectivity index is 1.30. The van der Waals surface area contributed by atoms with Crippen LogP contribution in [0.3, 0.4) is 0 Å². The molecule has 132 valence electrons. The average molecular weight is 342 g/mol. The Morgan fingerprint density at radius 1 is 1.16 bits per heavy atom. The van der Waals surface area contributed by atoms with E-state index in [9.17, 15) is 5.11 Å². The predicted molar refractivity (Wildman–Crippen MR) is 91.9 cm³/mol. The molecule has 3 aromatic rings. The molecule has 2 aromatic heterocycles. The van der Waals surface area contributed by atoms with Gasteiger partial charge in [0.05, 0.1) is 6.54 Å². The number of hydrogen-bond acceptors (Lipinski definition) is 7. The van der Waals surface area contributed by atoms with Crippen molar-refractivity contribution >= 4 is 11.0 Å². The molecule has 4 rings (SSSR count). The molecule has 25 heavy (non-hydrogen) atoms. The molecule has 0 saturated carbocycles. The van der Waals surface area contributed by atoms with Gasteiger partial charge in [0, 0.05) is 45.0 Å². The van der Waals surface area contributed by atoms with Crippen molar-refractivity contribution < 1.29 is 14.0 Å². The van der Waals surface area contributed by atoms with Gasteiger partial charge in [-0.2, -0.15) is 4.98 Å². The maximum absolute atomic E-state index is 10.5. The van der Waals surface area contributed by atoms with Gasteiger partial charge in [-0.3, -0.25) is 9.80 Å². The highest BCUT2D eigenvalue weighted by Crippen LogP contribution is 2.24. The Morgan fingerprint density at radius 2 is 1.92 bits per heavy atom. The molecule has 0 amide bonds. The van der Waals surface area contributed by atoms with Gasteiger partial charge in [-0.1, -0.05) is 23.4 Å². The number of fused-ring (bicyclic) bond motifs is 1. The number of β-amino-alcohol motifs (C(OH)–C–C–N with tert-alkyl or cyclic N) is 1. The highest BCUT2D eigenvalue weighted by Gasteiger charge is 2.22. The molecule has 0 aliphatic carbocycles. The van der Waals surface area contributed by atoms with Crippen LogP contribution in [0, 0.1) is 6.92 Å². The summed E-state index contributed by atoms with van der Waals surface area (Å²) < 4.78 is 10.8. The molecule has 0 radical (unpaired) electrons. The molecular weight excluding hydrogens is 320 g/mol. The van der Waals surface area contributed by atoms with Crippen molar-refractivity contribution in [3.05, 3.63) is 47.8 Å². The lowest BCUT2D eigenvalue weighted by Gasteiger charge is -2.34. The molecular formula is C18H22N4O3. The molecule has 1 aromatic carbocycles. The van der Waals surface area contributed by atoms with Crippen LogP contribution >= 0.6 is 0 Å². The van der Waals surface area contributed by atoms with Crippen molar-refractivity contribution in [2.24, 2.45) is 0 Å². The van der Waals surface area contributed by atoms with E-state index in [4.69, 9.17) is 8.94 Å². The quantitative estimate of drug-likeness (QED) is 0.759. The van der Waals surface area contributed by atoms with Crippen LogP contribution in [-0.4, -0.2) is 57.8 Å². The number of nitrogens with zero attached hydrogens (tertiary/aromatic N) is 4. The summed E-state index contributed by atoms with van der Waals surface area (Å²) in [6.45, 7) is 6.71. The van der Waals surface area contributed by atoms with Crippen LogP contribution in [0.4, 0.5) is 0 Å². The molecule has 1 unspecified atom stereocenters. The molecule has 1 saturated heterocycles. The summed E-state index contributed by atoms with van der Waals surface area (Å²) in [6.07, 6.45) is -0.612. The second-order valence-corrected chi connectivity index (χ2v) is 6.51. The zero-order chi connectivity index (χ0) is 17.2. The van der Waals surface area contributed by atoms with E-state index in [-0.39, 0.29) is 0 Å². The van der Waals surface area contributed by atoms with Crippen molar-refractivity contribution in [1.82, 2.24) is 19.9 Å². The van der Waals surface area contributed by atoms with Crippen molar-refractivity contribution in [2.75, 3.05) is 32.7 Å². The van der Waals surface area contributed by atoms with Crippen LogP contribution in [0.25, 0.3) is 11.0 Å². The van der Waals surface area contributed by atoms with Gasteiger partial charge in [0.25, 0.3) is 0 Å². The summed E-state index contributed by atoms with van der Waals surface area (Å²) >= 11 is 0. The van der Waals surface area contributed by atoms with Crippen LogP contribution in [0.1, 0.15) is 23.6 Å². The molecule has 1 aliphatic heterocycles. The van der Waals surface area contributed by atoms with Crippen molar-refractivity contribution in [1.29, 1.82) is 0 Å². The lowest BCUT2D eigenvalue weighted by molar-refractivity contribution is 0.0597. The number of benzene rings is 1. The topological polar surface area (TPSA) is 78.8 Å². The third-order valence-electron chi connectivity index (χ3n) is 4.60. The second-order valence-electron chi connectivity index (χ2n) is 6.51. The Hall–Kier alpha value is -2.22. The molecule has 0 bridgehead atoms. The molecule has 1 aliphatic rings. The number of aryl methyl sites for hydroxylation is 1. The number of para-hydroxylation sites is 1. The fourth-order valence-corrected chi connectivity index (χ4v) is 3.24. The maximum Gasteiger partial charge on any atom is 0.223 e. The Bertz CT molecular complexity index is 803. The molecule has 1 fully saturated rings. The smallest absolute Gasteiger partial charge is 0.223 e. The molecule has 0 spiro atoms. The summed E-state index contributed by atoms with van der Waals surface area (Å²) in [5, 5.41) is 15.5. The zero-order valence-corrected chi connectivity index (χ0v) is 14.3. The third kappa shape index (κ3) is 3.73. The van der Waals surface area contributed by atoms with E-state index in [1.165, 1.54) is 0 Å². The lowest BCUT2D eigenvalue weighted by atomic mass is 10.2. The number of aliphatic hydroxyl groups excluding tert-OH is 1. The number of rotatable bonds is 5. The van der Waals surface area contributed by atoms with E-state index >= 15 is 0 Å². The van der Waals surface area contributed by atoms with Crippen molar-refractivity contribution in [3.8, 4) is 0 Å². The number of furan rings is 1. The van der Waals surface area contributed by atoms with Crippen LogP contribution in [0.2, 0.25) is 0 Å². The Morgan fingerprint density at radius 3 is 2.64 bits per heavy atom. The van der Waals surface area contributed by atoms with Crippen molar-refractivity contribution in [3.63, 3.8) is 0 Å². The second kappa shape index (κ2) is 6.95. The molecule has 7 heteroatoms. The van der Waals surface area contributed by atoms with Gasteiger partial charge in [-0.05, 0) is 12.1 Å². The predicted octanol–water partition coefficient (Wildman–Crippen LogP) is 1.98. The third-order valence-corrected chi connectivity index (χ3v) is 4.60. The van der Waals surface area contributed by atoms with Gasteiger partial charge in [0.1, 0.15) is 17.4 Å². The summed E-state index contributed by atoms with van der Waals surface area (Å²) in [7, 11) is 0. The highest BCUT2D eigenvalue weighted by atomic mass is 16.5. The normalized spacial score (nSPS) is 18.0. The minimum absolute atomic E-state index is 0.578.